The van der Waals surface area contributed by atoms with Gasteiger partial charge in [0.05, 0.1) is 0 Å². The van der Waals surface area contributed by atoms with Crippen LogP contribution in [0.25, 0.3) is 0 Å². The Labute approximate surface area is 115 Å². The van der Waals surface area contributed by atoms with Gasteiger partial charge in [-0.2, -0.15) is 0 Å². The van der Waals surface area contributed by atoms with E-state index in [0.717, 1.165) is 34.4 Å². The minimum atomic E-state index is 0.608. The number of hydrogen-bond acceptors (Lipinski definition) is 0. The Morgan fingerprint density at radius 1 is 0.882 bits per heavy atom. The van der Waals surface area contributed by atoms with Crippen LogP contribution in [0.15, 0.2) is 0 Å². The summed E-state index contributed by atoms with van der Waals surface area (Å²) in [4.78, 5) is 0.806. The Balaban J connectivity index is 1.88. The van der Waals surface area contributed by atoms with Crippen molar-refractivity contribution in [3.05, 3.63) is 0 Å². The highest BCUT2D eigenvalue weighted by Gasteiger charge is 2.56. The lowest BCUT2D eigenvalue weighted by Gasteiger charge is -2.39. The van der Waals surface area contributed by atoms with E-state index in [1.807, 2.05) is 0 Å². The van der Waals surface area contributed by atoms with Gasteiger partial charge in [0.2, 0.25) is 0 Å². The van der Waals surface area contributed by atoms with Crippen LogP contribution < -0.4 is 0 Å². The Hall–Kier alpha value is 0.480. The zero-order valence-electron chi connectivity index (χ0n) is 11.6. The second-order valence-corrected chi connectivity index (χ2v) is 8.99. The van der Waals surface area contributed by atoms with E-state index >= 15 is 0 Å². The van der Waals surface area contributed by atoms with Gasteiger partial charge in [-0.3, -0.25) is 0 Å². The van der Waals surface area contributed by atoms with Gasteiger partial charge in [0, 0.05) is 4.83 Å². The van der Waals surface area contributed by atoms with Crippen molar-refractivity contribution in [2.75, 3.05) is 0 Å². The molecule has 0 saturated heterocycles. The second-order valence-electron chi connectivity index (χ2n) is 7.69. The molecule has 3 aliphatic rings. The van der Waals surface area contributed by atoms with Crippen LogP contribution in [-0.2, 0) is 0 Å². The predicted molar refractivity (Wildman–Crippen MR) is 77.3 cm³/mol. The minimum absolute atomic E-state index is 0.608. The van der Waals surface area contributed by atoms with E-state index in [0.29, 0.717) is 5.41 Å². The van der Waals surface area contributed by atoms with Crippen LogP contribution in [0.4, 0.5) is 0 Å². The largest absolute Gasteiger partial charge is 0.0891 e. The molecular formula is C16H27Br. The first-order valence-corrected chi connectivity index (χ1v) is 8.55. The topological polar surface area (TPSA) is 0 Å². The quantitative estimate of drug-likeness (QED) is 0.535. The van der Waals surface area contributed by atoms with Gasteiger partial charge in [-0.15, -0.1) is 0 Å². The van der Waals surface area contributed by atoms with E-state index in [2.05, 4.69) is 36.7 Å². The molecule has 3 rings (SSSR count). The lowest BCUT2D eigenvalue weighted by atomic mass is 9.66. The molecule has 5 unspecified atom stereocenters. The van der Waals surface area contributed by atoms with Crippen LogP contribution in [0.3, 0.4) is 0 Å². The number of hydrogen-bond donors (Lipinski definition) is 0. The lowest BCUT2D eigenvalue weighted by molar-refractivity contribution is 0.107. The molecule has 3 fully saturated rings. The Kier molecular flexibility index (Phi) is 3.13. The third kappa shape index (κ3) is 1.91. The normalized spacial score (nSPS) is 52.9. The van der Waals surface area contributed by atoms with Crippen molar-refractivity contribution in [3.63, 3.8) is 0 Å². The molecule has 0 heterocycles. The molecule has 0 aromatic rings. The molecule has 6 atom stereocenters. The molecule has 17 heavy (non-hydrogen) atoms. The van der Waals surface area contributed by atoms with Crippen LogP contribution in [0.1, 0.15) is 59.3 Å². The summed E-state index contributed by atoms with van der Waals surface area (Å²) in [6.07, 6.45) is 8.91. The average Bonchev–Trinajstić information content (AvgIpc) is 2.49. The van der Waals surface area contributed by atoms with Crippen molar-refractivity contribution in [1.29, 1.82) is 0 Å². The highest BCUT2D eigenvalue weighted by Crippen LogP contribution is 2.64. The molecule has 0 spiro atoms. The molecule has 3 saturated carbocycles. The van der Waals surface area contributed by atoms with Gasteiger partial charge in [-0.25, -0.2) is 0 Å². The fourth-order valence-electron chi connectivity index (χ4n) is 5.56. The number of fused-ring (bicyclic) bond motifs is 3. The summed E-state index contributed by atoms with van der Waals surface area (Å²) in [6.45, 7) is 7.64. The van der Waals surface area contributed by atoms with Gasteiger partial charge in [-0.1, -0.05) is 43.1 Å². The molecule has 0 N–H and O–H groups in total. The van der Waals surface area contributed by atoms with Gasteiger partial charge in [0.1, 0.15) is 0 Å². The van der Waals surface area contributed by atoms with E-state index in [4.69, 9.17) is 0 Å². The SMILES string of the molecule is CC1CCC2C(C1)C(C)(C)C1CC(Br)CC[C@H]21. The maximum Gasteiger partial charge on any atom is 0.0148 e. The maximum absolute atomic E-state index is 3.89. The molecule has 0 amide bonds. The lowest BCUT2D eigenvalue weighted by Crippen LogP contribution is -2.32. The van der Waals surface area contributed by atoms with Crippen LogP contribution in [0.5, 0.6) is 0 Å². The second kappa shape index (κ2) is 4.25. The third-order valence-corrected chi connectivity index (χ3v) is 7.30. The Bertz CT molecular complexity index is 268. The van der Waals surface area contributed by atoms with Crippen molar-refractivity contribution in [3.8, 4) is 0 Å². The standard InChI is InChI=1S/C16H27Br/c1-10-4-6-12-13-7-5-11(17)9-15(13)16(2,3)14(12)8-10/h10-15H,4-9H2,1-3H3/t10?,11?,12?,13-,14?,15?/m1/s1. The van der Waals surface area contributed by atoms with Gasteiger partial charge in [0.25, 0.3) is 0 Å². The molecule has 3 aliphatic carbocycles. The zero-order valence-corrected chi connectivity index (χ0v) is 13.2. The fraction of sp³-hybridized carbons (Fsp3) is 1.00. The summed E-state index contributed by atoms with van der Waals surface area (Å²) in [7, 11) is 0. The molecular weight excluding hydrogens is 272 g/mol. The monoisotopic (exact) mass is 298 g/mol. The van der Waals surface area contributed by atoms with E-state index in [-0.39, 0.29) is 0 Å². The summed E-state index contributed by atoms with van der Waals surface area (Å²) in [5.74, 6) is 5.15. The third-order valence-electron chi connectivity index (χ3n) is 6.47. The Morgan fingerprint density at radius 3 is 2.18 bits per heavy atom. The highest BCUT2D eigenvalue weighted by molar-refractivity contribution is 9.09. The van der Waals surface area contributed by atoms with Crippen LogP contribution in [-0.4, -0.2) is 4.83 Å². The molecule has 0 aliphatic heterocycles. The van der Waals surface area contributed by atoms with E-state index in [1.165, 1.54) is 38.5 Å². The van der Waals surface area contributed by atoms with Crippen LogP contribution >= 0.6 is 15.9 Å². The van der Waals surface area contributed by atoms with Crippen molar-refractivity contribution in [2.45, 2.75) is 64.1 Å². The van der Waals surface area contributed by atoms with Gasteiger partial charge < -0.3 is 0 Å². The van der Waals surface area contributed by atoms with Gasteiger partial charge in [-0.05, 0) is 67.1 Å². The minimum Gasteiger partial charge on any atom is -0.0891 e. The molecule has 0 aromatic heterocycles. The maximum atomic E-state index is 3.89. The first kappa shape index (κ1) is 12.5. The smallest absolute Gasteiger partial charge is 0.0148 e. The van der Waals surface area contributed by atoms with Gasteiger partial charge >= 0.3 is 0 Å². The van der Waals surface area contributed by atoms with Crippen LogP contribution in [0.2, 0.25) is 0 Å². The molecule has 1 heteroatoms. The first-order valence-electron chi connectivity index (χ1n) is 7.64. The summed E-state index contributed by atoms with van der Waals surface area (Å²) >= 11 is 3.89. The van der Waals surface area contributed by atoms with Crippen molar-refractivity contribution < 1.29 is 0 Å². The fourth-order valence-corrected chi connectivity index (χ4v) is 6.22. The zero-order chi connectivity index (χ0) is 12.2. The predicted octanol–water partition coefficient (Wildman–Crippen LogP) is 5.26. The molecule has 0 aromatic carbocycles. The molecule has 0 nitrogen and oxygen atoms in total. The highest BCUT2D eigenvalue weighted by atomic mass is 79.9. The summed E-state index contributed by atoms with van der Waals surface area (Å²) in [5.41, 5.74) is 0.608. The number of alkyl halides is 1. The average molecular weight is 299 g/mol. The van der Waals surface area contributed by atoms with E-state index in [9.17, 15) is 0 Å². The van der Waals surface area contributed by atoms with Crippen molar-refractivity contribution in [2.24, 2.45) is 35.0 Å². The summed E-state index contributed by atoms with van der Waals surface area (Å²) in [6, 6.07) is 0. The van der Waals surface area contributed by atoms with E-state index in [1.54, 1.807) is 0 Å². The molecule has 0 bridgehead atoms. The Morgan fingerprint density at radius 2 is 1.47 bits per heavy atom. The van der Waals surface area contributed by atoms with E-state index < -0.39 is 0 Å². The van der Waals surface area contributed by atoms with Crippen LogP contribution in [0, 0.1) is 35.0 Å². The first-order chi connectivity index (χ1) is 8.00. The summed E-state index contributed by atoms with van der Waals surface area (Å²) in [5, 5.41) is 0. The van der Waals surface area contributed by atoms with Crippen molar-refractivity contribution >= 4 is 15.9 Å². The summed E-state index contributed by atoms with van der Waals surface area (Å²) < 4.78 is 0. The number of rotatable bonds is 0. The van der Waals surface area contributed by atoms with Crippen molar-refractivity contribution in [1.82, 2.24) is 0 Å². The molecule has 0 radical (unpaired) electrons. The molecule has 98 valence electrons. The number of halogens is 1. The van der Waals surface area contributed by atoms with Gasteiger partial charge in [0.15, 0.2) is 0 Å².